The molecule has 4 aromatic rings. The number of nitrogen functional groups attached to an aromatic ring is 1. The smallest absolute Gasteiger partial charge is 0.209 e. The molecule has 0 radical (unpaired) electrons. The third kappa shape index (κ3) is 3.15. The standard InChI is InChI=1S/C18H14ClFN8S/c19-10-2-1-3-12(15(10)20)28-18(25-26-27-28)16-17(21)23-7-11(24-16)13-6-9-4-5-22-8-14(9)29-13/h1-3,6-7,22H,4-5,8H2,(H2,21,23). The monoisotopic (exact) mass is 428 g/mol. The predicted molar refractivity (Wildman–Crippen MR) is 108 cm³/mol. The maximum absolute atomic E-state index is 14.5. The van der Waals surface area contributed by atoms with Crippen LogP contribution in [0.3, 0.4) is 0 Å². The number of hydrogen-bond acceptors (Lipinski definition) is 8. The third-order valence-electron chi connectivity index (χ3n) is 4.65. The van der Waals surface area contributed by atoms with Crippen LogP contribution in [0.25, 0.3) is 27.8 Å². The molecule has 0 saturated heterocycles. The number of thiophene rings is 1. The Morgan fingerprint density at radius 2 is 2.21 bits per heavy atom. The Morgan fingerprint density at radius 1 is 1.31 bits per heavy atom. The van der Waals surface area contributed by atoms with Gasteiger partial charge in [-0.3, -0.25) is 0 Å². The van der Waals surface area contributed by atoms with Crippen molar-refractivity contribution in [2.45, 2.75) is 13.0 Å². The van der Waals surface area contributed by atoms with Crippen LogP contribution in [-0.2, 0) is 13.0 Å². The molecule has 0 saturated carbocycles. The molecule has 1 aliphatic rings. The molecule has 8 nitrogen and oxygen atoms in total. The summed E-state index contributed by atoms with van der Waals surface area (Å²) < 4.78 is 15.7. The van der Waals surface area contributed by atoms with Gasteiger partial charge < -0.3 is 11.1 Å². The van der Waals surface area contributed by atoms with Crippen molar-refractivity contribution in [3.8, 4) is 27.8 Å². The molecule has 29 heavy (non-hydrogen) atoms. The van der Waals surface area contributed by atoms with Crippen LogP contribution in [0.5, 0.6) is 0 Å². The highest BCUT2D eigenvalue weighted by molar-refractivity contribution is 7.15. The molecule has 11 heteroatoms. The molecule has 0 spiro atoms. The summed E-state index contributed by atoms with van der Waals surface area (Å²) in [5.41, 5.74) is 8.41. The van der Waals surface area contributed by atoms with Crippen LogP contribution in [0.1, 0.15) is 10.4 Å². The number of tetrazole rings is 1. The minimum absolute atomic E-state index is 0.0328. The molecular weight excluding hydrogens is 415 g/mol. The number of aromatic nitrogens is 6. The first kappa shape index (κ1) is 18.1. The van der Waals surface area contributed by atoms with E-state index >= 15 is 0 Å². The first-order valence-electron chi connectivity index (χ1n) is 8.80. The van der Waals surface area contributed by atoms with E-state index in [1.54, 1.807) is 23.6 Å². The number of rotatable bonds is 3. The van der Waals surface area contributed by atoms with Gasteiger partial charge in [0.15, 0.2) is 17.3 Å². The van der Waals surface area contributed by atoms with Gasteiger partial charge in [-0.1, -0.05) is 17.7 Å². The van der Waals surface area contributed by atoms with Crippen LogP contribution in [-0.4, -0.2) is 36.7 Å². The lowest BCUT2D eigenvalue weighted by Crippen LogP contribution is -2.21. The molecule has 0 bridgehead atoms. The van der Waals surface area contributed by atoms with Crippen LogP contribution >= 0.6 is 22.9 Å². The fraction of sp³-hybridized carbons (Fsp3) is 0.167. The van der Waals surface area contributed by atoms with E-state index in [-0.39, 0.29) is 28.0 Å². The van der Waals surface area contributed by atoms with Crippen LogP contribution in [0.15, 0.2) is 30.5 Å². The molecule has 0 fully saturated rings. The van der Waals surface area contributed by atoms with Crippen LogP contribution < -0.4 is 11.1 Å². The number of nitrogens with two attached hydrogens (primary N) is 1. The van der Waals surface area contributed by atoms with Crippen molar-refractivity contribution in [2.75, 3.05) is 12.3 Å². The number of anilines is 1. The molecule has 3 aromatic heterocycles. The third-order valence-corrected chi connectivity index (χ3v) is 6.14. The second kappa shape index (κ2) is 7.14. The Kier molecular flexibility index (Phi) is 4.46. The second-order valence-corrected chi connectivity index (χ2v) is 8.01. The first-order valence-corrected chi connectivity index (χ1v) is 9.99. The van der Waals surface area contributed by atoms with Crippen LogP contribution in [0.4, 0.5) is 10.2 Å². The van der Waals surface area contributed by atoms with Gasteiger partial charge in [0.25, 0.3) is 0 Å². The summed E-state index contributed by atoms with van der Waals surface area (Å²) in [4.78, 5) is 11.2. The largest absolute Gasteiger partial charge is 0.382 e. The van der Waals surface area contributed by atoms with E-state index in [4.69, 9.17) is 17.3 Å². The highest BCUT2D eigenvalue weighted by Gasteiger charge is 2.21. The molecule has 0 amide bonds. The zero-order chi connectivity index (χ0) is 20.0. The lowest BCUT2D eigenvalue weighted by molar-refractivity contribution is 0.608. The van der Waals surface area contributed by atoms with Crippen molar-refractivity contribution in [3.05, 3.63) is 51.7 Å². The molecule has 5 rings (SSSR count). The number of benzene rings is 1. The fourth-order valence-electron chi connectivity index (χ4n) is 3.21. The van der Waals surface area contributed by atoms with E-state index in [9.17, 15) is 4.39 Å². The Morgan fingerprint density at radius 3 is 3.07 bits per heavy atom. The van der Waals surface area contributed by atoms with Gasteiger partial charge in [0.1, 0.15) is 5.69 Å². The summed E-state index contributed by atoms with van der Waals surface area (Å²) in [6.07, 6.45) is 2.60. The zero-order valence-electron chi connectivity index (χ0n) is 14.9. The number of nitrogens with one attached hydrogen (secondary N) is 1. The highest BCUT2D eigenvalue weighted by atomic mass is 35.5. The summed E-state index contributed by atoms with van der Waals surface area (Å²) in [5.74, 6) is -0.306. The molecule has 3 N–H and O–H groups in total. The summed E-state index contributed by atoms with van der Waals surface area (Å²) >= 11 is 7.57. The lowest BCUT2D eigenvalue weighted by Gasteiger charge is -2.10. The second-order valence-electron chi connectivity index (χ2n) is 6.46. The summed E-state index contributed by atoms with van der Waals surface area (Å²) in [5, 5.41) is 14.9. The van der Waals surface area contributed by atoms with E-state index in [1.807, 2.05) is 0 Å². The molecule has 1 aliphatic heterocycles. The van der Waals surface area contributed by atoms with Gasteiger partial charge in [0.2, 0.25) is 5.82 Å². The van der Waals surface area contributed by atoms with Gasteiger partial charge in [-0.2, -0.15) is 4.68 Å². The molecule has 0 aliphatic carbocycles. The Hall–Kier alpha value is -2.95. The molecule has 4 heterocycles. The first-order chi connectivity index (χ1) is 14.1. The maximum atomic E-state index is 14.5. The molecular formula is C18H14ClFN8S. The molecule has 146 valence electrons. The lowest BCUT2D eigenvalue weighted by atomic mass is 10.1. The predicted octanol–water partition coefficient (Wildman–Crippen LogP) is 2.87. The van der Waals surface area contributed by atoms with Crippen molar-refractivity contribution in [3.63, 3.8) is 0 Å². The Balaban J connectivity index is 1.61. The van der Waals surface area contributed by atoms with Gasteiger partial charge in [-0.25, -0.2) is 14.4 Å². The van der Waals surface area contributed by atoms with Gasteiger partial charge in [0.05, 0.1) is 21.8 Å². The van der Waals surface area contributed by atoms with Gasteiger partial charge >= 0.3 is 0 Å². The van der Waals surface area contributed by atoms with Crippen molar-refractivity contribution in [1.29, 1.82) is 0 Å². The number of fused-ring (bicyclic) bond motifs is 1. The SMILES string of the molecule is Nc1ncc(-c2cc3c(s2)CNCC3)nc1-c1nnnn1-c1cccc(Cl)c1F. The van der Waals surface area contributed by atoms with E-state index in [0.717, 1.165) is 24.4 Å². The Bertz CT molecular complexity index is 1200. The summed E-state index contributed by atoms with van der Waals surface area (Å²) in [6.45, 7) is 1.81. The van der Waals surface area contributed by atoms with E-state index in [1.165, 1.54) is 27.3 Å². The maximum Gasteiger partial charge on any atom is 0.209 e. The minimum Gasteiger partial charge on any atom is -0.382 e. The van der Waals surface area contributed by atoms with Gasteiger partial charge in [-0.15, -0.1) is 16.4 Å². The van der Waals surface area contributed by atoms with Crippen molar-refractivity contribution in [2.24, 2.45) is 0 Å². The topological polar surface area (TPSA) is 107 Å². The average Bonchev–Trinajstić information content (AvgIpc) is 3.37. The van der Waals surface area contributed by atoms with Crippen LogP contribution in [0.2, 0.25) is 5.02 Å². The highest BCUT2D eigenvalue weighted by Crippen LogP contribution is 2.34. The Labute approximate surface area is 173 Å². The normalized spacial score (nSPS) is 13.4. The molecule has 1 aromatic carbocycles. The van der Waals surface area contributed by atoms with Gasteiger partial charge in [-0.05, 0) is 47.2 Å². The van der Waals surface area contributed by atoms with E-state index < -0.39 is 5.82 Å². The average molecular weight is 429 g/mol. The summed E-state index contributed by atoms with van der Waals surface area (Å²) in [6, 6.07) is 6.72. The number of nitrogens with zero attached hydrogens (tertiary/aromatic N) is 6. The quantitative estimate of drug-likeness (QED) is 0.516. The van der Waals surface area contributed by atoms with Crippen molar-refractivity contribution < 1.29 is 4.39 Å². The van der Waals surface area contributed by atoms with Gasteiger partial charge in [0, 0.05) is 11.4 Å². The molecule has 0 atom stereocenters. The van der Waals surface area contributed by atoms with Crippen molar-refractivity contribution >= 4 is 28.8 Å². The zero-order valence-corrected chi connectivity index (χ0v) is 16.5. The van der Waals surface area contributed by atoms with E-state index in [2.05, 4.69) is 36.9 Å². The molecule has 0 unspecified atom stereocenters. The fourth-order valence-corrected chi connectivity index (χ4v) is 4.52. The minimum atomic E-state index is -0.635. The van der Waals surface area contributed by atoms with Crippen molar-refractivity contribution in [1.82, 2.24) is 35.5 Å². The number of hydrogen-bond donors (Lipinski definition) is 2. The van der Waals surface area contributed by atoms with Crippen LogP contribution in [0, 0.1) is 5.82 Å². The number of halogens is 2. The van der Waals surface area contributed by atoms with E-state index in [0.29, 0.717) is 5.69 Å². The summed E-state index contributed by atoms with van der Waals surface area (Å²) in [7, 11) is 0.